The molecule has 0 fully saturated rings. The molecule has 8 aromatic rings. The van der Waals surface area contributed by atoms with Gasteiger partial charge in [0.25, 0.3) is 23.8 Å². The lowest BCUT2D eigenvalue weighted by molar-refractivity contribution is 0.408. The summed E-state index contributed by atoms with van der Waals surface area (Å²) in [7, 11) is 0. The van der Waals surface area contributed by atoms with Gasteiger partial charge in [0.2, 0.25) is 11.6 Å². The largest absolute Gasteiger partial charge is 0.255 e. The molecule has 46 heavy (non-hydrogen) atoms. The third kappa shape index (κ3) is 3.52. The molecule has 0 unspecified atom stereocenters. The Morgan fingerprint density at radius 2 is 0.826 bits per heavy atom. The van der Waals surface area contributed by atoms with Crippen molar-refractivity contribution in [1.29, 1.82) is 0 Å². The first-order valence-electron chi connectivity index (χ1n) is 14.1. The highest BCUT2D eigenvalue weighted by Crippen LogP contribution is 2.53. The standard InChI is InChI=1S/C36H14F6N4/c37-29-31(39)43-35(44-32(29)40)27-18-8-3-4-9-19(18)28(36-45-33(41)30(38)34(42)46-36)25-14-22-21(13-24(25)27)20-11-5-10-17-16-7-2-1-6-15(16)12-23(22)26(17)20/h1-14H. The predicted molar refractivity (Wildman–Crippen MR) is 163 cm³/mol. The summed E-state index contributed by atoms with van der Waals surface area (Å²) in [6.07, 6.45) is 0. The molecule has 0 bridgehead atoms. The Kier molecular flexibility index (Phi) is 5.36. The van der Waals surface area contributed by atoms with Gasteiger partial charge in [0.15, 0.2) is 11.6 Å². The lowest BCUT2D eigenvalue weighted by Crippen LogP contribution is -2.05. The van der Waals surface area contributed by atoms with Gasteiger partial charge in [0, 0.05) is 11.1 Å². The molecule has 10 heteroatoms. The van der Waals surface area contributed by atoms with Crippen LogP contribution in [0.1, 0.15) is 0 Å². The molecule has 9 rings (SSSR count). The van der Waals surface area contributed by atoms with Gasteiger partial charge in [-0.2, -0.15) is 46.3 Å². The van der Waals surface area contributed by atoms with Crippen molar-refractivity contribution in [1.82, 2.24) is 19.9 Å². The number of fused-ring (bicyclic) bond motifs is 7. The SMILES string of the molecule is Fc1nc(-c2c3ccccc3c(-c3nc(F)c(F)c(F)n3)c3cc4c(cc23)-c2cccc3c2c-4cc2ccccc23)nc(F)c1F. The van der Waals surface area contributed by atoms with Gasteiger partial charge in [0.1, 0.15) is 0 Å². The monoisotopic (exact) mass is 616 g/mol. The van der Waals surface area contributed by atoms with Crippen LogP contribution in [0.15, 0.2) is 84.9 Å². The second kappa shape index (κ2) is 9.31. The third-order valence-corrected chi connectivity index (χ3v) is 8.61. The molecule has 0 saturated carbocycles. The van der Waals surface area contributed by atoms with Crippen LogP contribution in [0.5, 0.6) is 0 Å². The highest BCUT2D eigenvalue weighted by atomic mass is 19.2. The predicted octanol–water partition coefficient (Wildman–Crippen LogP) is 9.70. The van der Waals surface area contributed by atoms with Crippen LogP contribution in [-0.2, 0) is 0 Å². The van der Waals surface area contributed by atoms with Crippen molar-refractivity contribution in [3.8, 4) is 45.0 Å². The van der Waals surface area contributed by atoms with Gasteiger partial charge in [-0.15, -0.1) is 0 Å². The van der Waals surface area contributed by atoms with E-state index in [1.807, 2.05) is 42.5 Å². The number of benzene rings is 6. The van der Waals surface area contributed by atoms with Crippen molar-refractivity contribution in [3.05, 3.63) is 120 Å². The van der Waals surface area contributed by atoms with Crippen molar-refractivity contribution in [2.45, 2.75) is 0 Å². The van der Waals surface area contributed by atoms with E-state index in [9.17, 15) is 26.3 Å². The average Bonchev–Trinajstić information content (AvgIpc) is 3.36. The van der Waals surface area contributed by atoms with Crippen molar-refractivity contribution in [3.63, 3.8) is 0 Å². The fourth-order valence-corrected chi connectivity index (χ4v) is 6.76. The van der Waals surface area contributed by atoms with E-state index in [0.717, 1.165) is 43.8 Å². The third-order valence-electron chi connectivity index (χ3n) is 8.61. The maximum atomic E-state index is 14.6. The maximum absolute atomic E-state index is 14.6. The highest BCUT2D eigenvalue weighted by Gasteiger charge is 2.29. The molecule has 0 atom stereocenters. The van der Waals surface area contributed by atoms with Gasteiger partial charge in [-0.05, 0) is 83.5 Å². The van der Waals surface area contributed by atoms with E-state index in [1.165, 1.54) is 0 Å². The number of nitrogens with zero attached hydrogens (tertiary/aromatic N) is 4. The van der Waals surface area contributed by atoms with Crippen molar-refractivity contribution in [2.75, 3.05) is 0 Å². The van der Waals surface area contributed by atoms with Gasteiger partial charge < -0.3 is 0 Å². The number of hydrogen-bond donors (Lipinski definition) is 0. The van der Waals surface area contributed by atoms with Gasteiger partial charge in [-0.3, -0.25) is 0 Å². The summed E-state index contributed by atoms with van der Waals surface area (Å²) < 4.78 is 86.4. The van der Waals surface area contributed by atoms with Gasteiger partial charge in [-0.25, -0.2) is 0 Å². The van der Waals surface area contributed by atoms with Crippen LogP contribution in [-0.4, -0.2) is 19.9 Å². The zero-order valence-electron chi connectivity index (χ0n) is 23.1. The summed E-state index contributed by atoms with van der Waals surface area (Å²) in [5.74, 6) is -11.3. The second-order valence-electron chi connectivity index (χ2n) is 11.0. The van der Waals surface area contributed by atoms with E-state index in [0.29, 0.717) is 21.5 Å². The quantitative estimate of drug-likeness (QED) is 0.0840. The van der Waals surface area contributed by atoms with Crippen molar-refractivity contribution < 1.29 is 26.3 Å². The van der Waals surface area contributed by atoms with E-state index in [2.05, 4.69) is 26.0 Å². The Morgan fingerprint density at radius 3 is 1.37 bits per heavy atom. The molecule has 0 radical (unpaired) electrons. The number of halogens is 6. The first kappa shape index (κ1) is 26.5. The minimum Gasteiger partial charge on any atom is -0.197 e. The Labute approximate surface area is 254 Å². The van der Waals surface area contributed by atoms with Crippen LogP contribution >= 0.6 is 0 Å². The van der Waals surface area contributed by atoms with Crippen LogP contribution < -0.4 is 0 Å². The second-order valence-corrected chi connectivity index (χ2v) is 11.0. The van der Waals surface area contributed by atoms with E-state index in [4.69, 9.17) is 0 Å². The fraction of sp³-hybridized carbons (Fsp3) is 0. The Morgan fingerprint density at radius 1 is 0.370 bits per heavy atom. The van der Waals surface area contributed by atoms with Crippen LogP contribution in [0.2, 0.25) is 0 Å². The molecule has 2 heterocycles. The first-order valence-corrected chi connectivity index (χ1v) is 14.1. The molecule has 0 aliphatic heterocycles. The molecular weight excluding hydrogens is 602 g/mol. The lowest BCUT2D eigenvalue weighted by Gasteiger charge is -2.18. The minimum absolute atomic E-state index is 0.144. The summed E-state index contributed by atoms with van der Waals surface area (Å²) in [4.78, 5) is 14.7. The number of rotatable bonds is 2. The van der Waals surface area contributed by atoms with Gasteiger partial charge in [0.05, 0.1) is 0 Å². The highest BCUT2D eigenvalue weighted by molar-refractivity contribution is 6.27. The molecule has 1 aliphatic rings. The zero-order chi connectivity index (χ0) is 31.4. The maximum Gasteiger partial charge on any atom is 0.255 e. The van der Waals surface area contributed by atoms with Crippen LogP contribution in [0.4, 0.5) is 26.3 Å². The summed E-state index contributed by atoms with van der Waals surface area (Å²) in [5.41, 5.74) is 3.62. The summed E-state index contributed by atoms with van der Waals surface area (Å²) in [6, 6.07) is 26.0. The molecule has 220 valence electrons. The smallest absolute Gasteiger partial charge is 0.197 e. The average molecular weight is 617 g/mol. The van der Waals surface area contributed by atoms with E-state index in [-0.39, 0.29) is 11.1 Å². The molecule has 6 aromatic carbocycles. The minimum atomic E-state index is -1.82. The first-order chi connectivity index (χ1) is 22.3. The Hall–Kier alpha value is -5.90. The van der Waals surface area contributed by atoms with E-state index in [1.54, 1.807) is 36.4 Å². The Bertz CT molecular complexity index is 2630. The van der Waals surface area contributed by atoms with E-state index >= 15 is 0 Å². The van der Waals surface area contributed by atoms with Crippen LogP contribution in [0.3, 0.4) is 0 Å². The summed E-state index contributed by atoms with van der Waals surface area (Å²) >= 11 is 0. The normalized spacial score (nSPS) is 12.1. The molecule has 0 spiro atoms. The fourth-order valence-electron chi connectivity index (χ4n) is 6.76. The zero-order valence-corrected chi connectivity index (χ0v) is 23.1. The lowest BCUT2D eigenvalue weighted by atomic mass is 9.87. The molecule has 0 amide bonds. The molecule has 2 aromatic heterocycles. The van der Waals surface area contributed by atoms with Crippen LogP contribution in [0, 0.1) is 35.4 Å². The molecule has 0 N–H and O–H groups in total. The van der Waals surface area contributed by atoms with Gasteiger partial charge in [-0.1, -0.05) is 66.7 Å². The molecule has 0 saturated heterocycles. The summed E-state index contributed by atoms with van der Waals surface area (Å²) in [5, 5.41) is 5.28. The Balaban J connectivity index is 1.50. The van der Waals surface area contributed by atoms with Gasteiger partial charge >= 0.3 is 0 Å². The molecule has 1 aliphatic carbocycles. The topological polar surface area (TPSA) is 51.6 Å². The number of hydrogen-bond acceptors (Lipinski definition) is 4. The van der Waals surface area contributed by atoms with Crippen molar-refractivity contribution >= 4 is 43.1 Å². The van der Waals surface area contributed by atoms with Crippen LogP contribution in [0.25, 0.3) is 88.1 Å². The number of aromatic nitrogens is 4. The molecular formula is C36H14F6N4. The van der Waals surface area contributed by atoms with E-state index < -0.39 is 47.1 Å². The van der Waals surface area contributed by atoms with Crippen molar-refractivity contribution in [2.24, 2.45) is 0 Å². The molecule has 4 nitrogen and oxygen atoms in total. The summed E-state index contributed by atoms with van der Waals surface area (Å²) in [6.45, 7) is 0.